The molecule has 0 spiro atoms. The van der Waals surface area contributed by atoms with E-state index < -0.39 is 10.0 Å². The number of imidazole rings is 1. The number of nitrogens with zero attached hydrogens (tertiary/aromatic N) is 5. The smallest absolute Gasteiger partial charge is 0.251 e. The minimum Gasteiger partial charge on any atom is -0.369 e. The summed E-state index contributed by atoms with van der Waals surface area (Å²) in [5, 5.41) is 5.74. The lowest BCUT2D eigenvalue weighted by Gasteiger charge is -2.09. The van der Waals surface area contributed by atoms with E-state index in [2.05, 4.69) is 35.3 Å². The lowest BCUT2D eigenvalue weighted by atomic mass is 10.4. The summed E-state index contributed by atoms with van der Waals surface area (Å²) in [5.74, 6) is 0.910. The van der Waals surface area contributed by atoms with E-state index in [0.29, 0.717) is 18.2 Å². The molecule has 11 nitrogen and oxygen atoms in total. The van der Waals surface area contributed by atoms with E-state index >= 15 is 0 Å². The highest BCUT2D eigenvalue weighted by Gasteiger charge is 2.17. The molecule has 0 aliphatic rings. The maximum absolute atomic E-state index is 12.3. The average Bonchev–Trinajstić information content (AvgIpc) is 3.26. The second-order valence-corrected chi connectivity index (χ2v) is 9.06. The number of amides is 1. The van der Waals surface area contributed by atoms with Crippen LogP contribution in [0.1, 0.15) is 18.3 Å². The number of anilines is 2. The third-order valence-electron chi connectivity index (χ3n) is 3.91. The van der Waals surface area contributed by atoms with Crippen molar-refractivity contribution in [1.29, 1.82) is 0 Å². The molecule has 0 atom stereocenters. The molecule has 1 amide bonds. The largest absolute Gasteiger partial charge is 0.369 e. The Morgan fingerprint density at radius 3 is 2.66 bits per heavy atom. The van der Waals surface area contributed by atoms with Crippen LogP contribution in [0.2, 0.25) is 0 Å². The maximum atomic E-state index is 12.3. The number of hydrogen-bond donors (Lipinski definition) is 3. The molecule has 0 radical (unpaired) electrons. The van der Waals surface area contributed by atoms with Crippen LogP contribution in [0.25, 0.3) is 5.82 Å². The van der Waals surface area contributed by atoms with Gasteiger partial charge in [-0.25, -0.2) is 33.1 Å². The highest BCUT2D eigenvalue weighted by Crippen LogP contribution is 2.22. The number of carbonyl (C=O) groups excluding carboxylic acids is 1. The first-order valence-corrected chi connectivity index (χ1v) is 10.9. The van der Waals surface area contributed by atoms with Crippen molar-refractivity contribution in [3.63, 3.8) is 0 Å². The summed E-state index contributed by atoms with van der Waals surface area (Å²) in [6, 6.07) is 1.76. The van der Waals surface area contributed by atoms with Crippen molar-refractivity contribution in [2.45, 2.75) is 25.0 Å². The van der Waals surface area contributed by atoms with Gasteiger partial charge in [-0.2, -0.15) is 0 Å². The molecule has 29 heavy (non-hydrogen) atoms. The van der Waals surface area contributed by atoms with Crippen LogP contribution in [-0.2, 0) is 14.8 Å². The minimum atomic E-state index is -3.71. The van der Waals surface area contributed by atoms with Crippen LogP contribution in [0.3, 0.4) is 0 Å². The first kappa shape index (κ1) is 20.8. The summed E-state index contributed by atoms with van der Waals surface area (Å²) in [5.41, 5.74) is 1.89. The zero-order valence-electron chi connectivity index (χ0n) is 16.0. The van der Waals surface area contributed by atoms with Crippen molar-refractivity contribution in [3.8, 4) is 5.82 Å². The highest BCUT2D eigenvalue weighted by atomic mass is 32.2. The normalized spacial score (nSPS) is 11.4. The second kappa shape index (κ2) is 8.63. The molecule has 3 aromatic rings. The fourth-order valence-electron chi connectivity index (χ4n) is 2.34. The second-order valence-electron chi connectivity index (χ2n) is 6.04. The minimum absolute atomic E-state index is 0.0246. The first-order chi connectivity index (χ1) is 13.8. The van der Waals surface area contributed by atoms with Crippen LogP contribution < -0.4 is 15.4 Å². The number of nitrogens with one attached hydrogen (secondary N) is 3. The van der Waals surface area contributed by atoms with Gasteiger partial charge >= 0.3 is 0 Å². The molecule has 0 aromatic carbocycles. The average molecular weight is 437 g/mol. The number of rotatable bonds is 8. The van der Waals surface area contributed by atoms with Gasteiger partial charge in [-0.3, -0.25) is 9.36 Å². The molecule has 0 aliphatic heterocycles. The molecule has 0 aliphatic carbocycles. The molecule has 0 saturated heterocycles. The third-order valence-corrected chi connectivity index (χ3v) is 6.74. The standard InChI is InChI=1S/C16H20N8O3S2/c1-10-11(2)24(9-21-10)14-6-13(19-8-20-14)17-4-5-22-29(26,27)15-7-18-16(28-15)23-12(3)25/h6-9,22H,4-5H2,1-3H3,(H,17,19,20)(H,18,23,25). The van der Waals surface area contributed by atoms with Crippen molar-refractivity contribution in [1.82, 2.24) is 29.2 Å². The number of aromatic nitrogens is 5. The Balaban J connectivity index is 1.56. The molecule has 0 saturated carbocycles. The molecular formula is C16H20N8O3S2. The molecule has 3 heterocycles. The van der Waals surface area contributed by atoms with E-state index in [1.54, 1.807) is 12.4 Å². The van der Waals surface area contributed by atoms with Crippen LogP contribution in [0, 0.1) is 13.8 Å². The van der Waals surface area contributed by atoms with Crippen molar-refractivity contribution in [3.05, 3.63) is 36.3 Å². The number of sulfonamides is 1. The Morgan fingerprint density at radius 2 is 1.97 bits per heavy atom. The van der Waals surface area contributed by atoms with Crippen LogP contribution in [-0.4, -0.2) is 51.9 Å². The zero-order chi connectivity index (χ0) is 21.0. The summed E-state index contributed by atoms with van der Waals surface area (Å²) in [6.07, 6.45) is 4.32. The van der Waals surface area contributed by atoms with E-state index in [4.69, 9.17) is 0 Å². The van der Waals surface area contributed by atoms with Crippen molar-refractivity contribution in [2.75, 3.05) is 23.7 Å². The van der Waals surface area contributed by atoms with Crippen molar-refractivity contribution >= 4 is 38.2 Å². The summed E-state index contributed by atoms with van der Waals surface area (Å²) in [4.78, 5) is 27.5. The summed E-state index contributed by atoms with van der Waals surface area (Å²) >= 11 is 0.882. The highest BCUT2D eigenvalue weighted by molar-refractivity contribution is 7.91. The van der Waals surface area contributed by atoms with E-state index in [0.717, 1.165) is 22.7 Å². The Morgan fingerprint density at radius 1 is 1.17 bits per heavy atom. The van der Waals surface area contributed by atoms with Gasteiger partial charge in [-0.05, 0) is 13.8 Å². The SMILES string of the molecule is CC(=O)Nc1ncc(S(=O)(=O)NCCNc2cc(-n3cnc(C)c3C)ncn2)s1. The Labute approximate surface area is 171 Å². The van der Waals surface area contributed by atoms with Gasteiger partial charge in [0.1, 0.15) is 24.3 Å². The van der Waals surface area contributed by atoms with E-state index in [1.807, 2.05) is 18.4 Å². The van der Waals surface area contributed by atoms with Crippen molar-refractivity contribution < 1.29 is 13.2 Å². The molecule has 0 fully saturated rings. The molecular weight excluding hydrogens is 416 g/mol. The van der Waals surface area contributed by atoms with Gasteiger partial charge in [0.15, 0.2) is 9.34 Å². The van der Waals surface area contributed by atoms with E-state index in [9.17, 15) is 13.2 Å². The number of hydrogen-bond acceptors (Lipinski definition) is 9. The quantitative estimate of drug-likeness (QED) is 0.445. The van der Waals surface area contributed by atoms with Gasteiger partial charge in [0, 0.05) is 31.8 Å². The Kier molecular flexibility index (Phi) is 6.20. The Bertz CT molecular complexity index is 1120. The lowest BCUT2D eigenvalue weighted by Crippen LogP contribution is -2.28. The molecule has 0 unspecified atom stereocenters. The topological polar surface area (TPSA) is 144 Å². The summed E-state index contributed by atoms with van der Waals surface area (Å²) in [7, 11) is -3.71. The van der Waals surface area contributed by atoms with Crippen molar-refractivity contribution in [2.24, 2.45) is 0 Å². The Hall–Kier alpha value is -2.90. The molecule has 13 heteroatoms. The fraction of sp³-hybridized carbons (Fsp3) is 0.312. The molecule has 3 N–H and O–H groups in total. The summed E-state index contributed by atoms with van der Waals surface area (Å²) < 4.78 is 29.0. The summed E-state index contributed by atoms with van der Waals surface area (Å²) in [6.45, 7) is 5.64. The molecule has 0 bridgehead atoms. The van der Waals surface area contributed by atoms with Crippen LogP contribution in [0.5, 0.6) is 0 Å². The predicted octanol–water partition coefficient (Wildman–Crippen LogP) is 1.08. The molecule has 3 rings (SSSR count). The van der Waals surface area contributed by atoms with Gasteiger partial charge in [-0.1, -0.05) is 11.3 Å². The number of aryl methyl sites for hydroxylation is 1. The fourth-order valence-corrected chi connectivity index (χ4v) is 4.50. The van der Waals surface area contributed by atoms with Gasteiger partial charge in [0.05, 0.1) is 11.9 Å². The molecule has 3 aromatic heterocycles. The monoisotopic (exact) mass is 436 g/mol. The lowest BCUT2D eigenvalue weighted by molar-refractivity contribution is -0.114. The van der Waals surface area contributed by atoms with E-state index in [-0.39, 0.29) is 21.8 Å². The van der Waals surface area contributed by atoms with Gasteiger partial charge < -0.3 is 10.6 Å². The molecule has 154 valence electrons. The first-order valence-electron chi connectivity index (χ1n) is 8.56. The third kappa shape index (κ3) is 5.13. The number of thiazole rings is 1. The predicted molar refractivity (Wildman–Crippen MR) is 109 cm³/mol. The van der Waals surface area contributed by atoms with Gasteiger partial charge in [0.2, 0.25) is 5.91 Å². The van der Waals surface area contributed by atoms with Gasteiger partial charge in [-0.15, -0.1) is 0 Å². The van der Waals surface area contributed by atoms with Crippen LogP contribution in [0.4, 0.5) is 10.9 Å². The van der Waals surface area contributed by atoms with Crippen LogP contribution in [0.15, 0.2) is 29.1 Å². The maximum Gasteiger partial charge on any atom is 0.251 e. The number of carbonyl (C=O) groups is 1. The zero-order valence-corrected chi connectivity index (χ0v) is 17.6. The van der Waals surface area contributed by atoms with Gasteiger partial charge in [0.25, 0.3) is 10.0 Å². The van der Waals surface area contributed by atoms with Crippen LogP contribution >= 0.6 is 11.3 Å². The van der Waals surface area contributed by atoms with E-state index in [1.165, 1.54) is 19.4 Å².